The van der Waals surface area contributed by atoms with Crippen molar-refractivity contribution < 1.29 is 15.0 Å². The van der Waals surface area contributed by atoms with Crippen molar-refractivity contribution in [3.63, 3.8) is 0 Å². The van der Waals surface area contributed by atoms with Gasteiger partial charge in [-0.15, -0.1) is 6.58 Å². The summed E-state index contributed by atoms with van der Waals surface area (Å²) >= 11 is 0. The van der Waals surface area contributed by atoms with Crippen LogP contribution in [0.15, 0.2) is 12.7 Å². The standard InChI is InChI=1S/C6H10O3/c1-2-3-5(7)4-6(8)9/h2,5,7H,1,3-4H2,(H,8,9)/t5-/m0/s1. The zero-order chi connectivity index (χ0) is 7.28. The number of rotatable bonds is 4. The molecule has 0 fully saturated rings. The molecule has 0 spiro atoms. The molecule has 0 saturated heterocycles. The van der Waals surface area contributed by atoms with Gasteiger partial charge in [-0.1, -0.05) is 6.08 Å². The lowest BCUT2D eigenvalue weighted by atomic mass is 10.2. The maximum Gasteiger partial charge on any atom is 0.305 e. The van der Waals surface area contributed by atoms with Crippen LogP contribution in [0.3, 0.4) is 0 Å². The van der Waals surface area contributed by atoms with Gasteiger partial charge in [-0.05, 0) is 6.42 Å². The van der Waals surface area contributed by atoms with E-state index in [0.29, 0.717) is 6.42 Å². The average Bonchev–Trinajstić information content (AvgIpc) is 1.63. The van der Waals surface area contributed by atoms with Crippen LogP contribution in [0.4, 0.5) is 0 Å². The molecule has 3 nitrogen and oxygen atoms in total. The number of hydrogen-bond acceptors (Lipinski definition) is 2. The first-order chi connectivity index (χ1) is 4.16. The lowest BCUT2D eigenvalue weighted by Gasteiger charge is -2.01. The Kier molecular flexibility index (Phi) is 3.71. The molecule has 52 valence electrons. The zero-order valence-corrected chi connectivity index (χ0v) is 5.08. The van der Waals surface area contributed by atoms with Gasteiger partial charge in [0, 0.05) is 0 Å². The Bertz CT molecular complexity index is 109. The molecule has 0 aromatic carbocycles. The van der Waals surface area contributed by atoms with Crippen LogP contribution in [0.25, 0.3) is 0 Å². The summed E-state index contributed by atoms with van der Waals surface area (Å²) in [5, 5.41) is 16.9. The molecule has 0 radical (unpaired) electrons. The lowest BCUT2D eigenvalue weighted by molar-refractivity contribution is -0.139. The molecule has 9 heavy (non-hydrogen) atoms. The summed E-state index contributed by atoms with van der Waals surface area (Å²) in [6, 6.07) is 0. The van der Waals surface area contributed by atoms with Gasteiger partial charge in [0.25, 0.3) is 0 Å². The zero-order valence-electron chi connectivity index (χ0n) is 5.08. The molecule has 0 amide bonds. The maximum absolute atomic E-state index is 9.89. The molecule has 2 N–H and O–H groups in total. The monoisotopic (exact) mass is 130 g/mol. The number of aliphatic hydroxyl groups is 1. The molecule has 0 aromatic heterocycles. The molecular weight excluding hydrogens is 120 g/mol. The van der Waals surface area contributed by atoms with Crippen LogP contribution in [0, 0.1) is 0 Å². The highest BCUT2D eigenvalue weighted by molar-refractivity contribution is 5.67. The lowest BCUT2D eigenvalue weighted by Crippen LogP contribution is -2.11. The van der Waals surface area contributed by atoms with Crippen LogP contribution in [-0.4, -0.2) is 22.3 Å². The van der Waals surface area contributed by atoms with E-state index < -0.39 is 12.1 Å². The highest BCUT2D eigenvalue weighted by atomic mass is 16.4. The topological polar surface area (TPSA) is 57.5 Å². The smallest absolute Gasteiger partial charge is 0.305 e. The normalized spacial score (nSPS) is 12.6. The van der Waals surface area contributed by atoms with E-state index in [0.717, 1.165) is 0 Å². The summed E-state index contributed by atoms with van der Waals surface area (Å²) in [7, 11) is 0. The minimum absolute atomic E-state index is 0.202. The third kappa shape index (κ3) is 5.03. The fraction of sp³-hybridized carbons (Fsp3) is 0.500. The molecule has 0 saturated carbocycles. The van der Waals surface area contributed by atoms with E-state index in [1.54, 1.807) is 0 Å². The summed E-state index contributed by atoms with van der Waals surface area (Å²) in [4.78, 5) is 9.89. The van der Waals surface area contributed by atoms with Crippen LogP contribution >= 0.6 is 0 Å². The predicted molar refractivity (Wildman–Crippen MR) is 33.1 cm³/mol. The fourth-order valence-corrected chi connectivity index (χ4v) is 0.477. The second kappa shape index (κ2) is 4.09. The van der Waals surface area contributed by atoms with Crippen molar-refractivity contribution in [2.45, 2.75) is 18.9 Å². The fourth-order valence-electron chi connectivity index (χ4n) is 0.477. The molecule has 0 aliphatic heterocycles. The van der Waals surface area contributed by atoms with Gasteiger partial charge in [-0.25, -0.2) is 0 Å². The van der Waals surface area contributed by atoms with Gasteiger partial charge in [0.2, 0.25) is 0 Å². The first-order valence-electron chi connectivity index (χ1n) is 2.67. The van der Waals surface area contributed by atoms with E-state index in [1.807, 2.05) is 0 Å². The summed E-state index contributed by atoms with van der Waals surface area (Å²) in [6.45, 7) is 3.36. The number of carbonyl (C=O) groups is 1. The summed E-state index contributed by atoms with van der Waals surface area (Å²) in [6.07, 6.45) is 0.853. The molecule has 3 heteroatoms. The first-order valence-corrected chi connectivity index (χ1v) is 2.67. The summed E-state index contributed by atoms with van der Waals surface area (Å²) in [5.74, 6) is -0.982. The van der Waals surface area contributed by atoms with Crippen molar-refractivity contribution in [3.05, 3.63) is 12.7 Å². The minimum atomic E-state index is -0.982. The average molecular weight is 130 g/mol. The second-order valence-corrected chi connectivity index (χ2v) is 1.78. The largest absolute Gasteiger partial charge is 0.481 e. The Labute approximate surface area is 53.6 Å². The van der Waals surface area contributed by atoms with Crippen molar-refractivity contribution in [1.29, 1.82) is 0 Å². The van der Waals surface area contributed by atoms with E-state index in [1.165, 1.54) is 6.08 Å². The summed E-state index contributed by atoms with van der Waals surface area (Å²) < 4.78 is 0. The Morgan fingerprint density at radius 2 is 2.33 bits per heavy atom. The molecule has 0 aliphatic carbocycles. The van der Waals surface area contributed by atoms with E-state index in [2.05, 4.69) is 6.58 Å². The van der Waals surface area contributed by atoms with Gasteiger partial charge in [-0.2, -0.15) is 0 Å². The number of carboxylic acids is 1. The van der Waals surface area contributed by atoms with Crippen molar-refractivity contribution in [3.8, 4) is 0 Å². The van der Waals surface area contributed by atoms with E-state index >= 15 is 0 Å². The van der Waals surface area contributed by atoms with Crippen molar-refractivity contribution in [2.24, 2.45) is 0 Å². The van der Waals surface area contributed by atoms with Crippen LogP contribution in [-0.2, 0) is 4.79 Å². The van der Waals surface area contributed by atoms with Crippen molar-refractivity contribution in [1.82, 2.24) is 0 Å². The molecule has 0 aromatic rings. The van der Waals surface area contributed by atoms with E-state index in [4.69, 9.17) is 10.2 Å². The second-order valence-electron chi connectivity index (χ2n) is 1.78. The minimum Gasteiger partial charge on any atom is -0.481 e. The first kappa shape index (κ1) is 8.17. The van der Waals surface area contributed by atoms with Gasteiger partial charge < -0.3 is 10.2 Å². The quantitative estimate of drug-likeness (QED) is 0.541. The van der Waals surface area contributed by atoms with Crippen LogP contribution in [0.2, 0.25) is 0 Å². The van der Waals surface area contributed by atoms with Crippen molar-refractivity contribution >= 4 is 5.97 Å². The number of aliphatic hydroxyl groups excluding tert-OH is 1. The summed E-state index contributed by atoms with van der Waals surface area (Å²) in [5.41, 5.74) is 0. The molecule has 0 rings (SSSR count). The van der Waals surface area contributed by atoms with Gasteiger partial charge >= 0.3 is 5.97 Å². The molecule has 0 unspecified atom stereocenters. The third-order valence-electron chi connectivity index (χ3n) is 0.849. The highest BCUT2D eigenvalue weighted by Crippen LogP contribution is 1.96. The molecular formula is C6H10O3. The third-order valence-corrected chi connectivity index (χ3v) is 0.849. The van der Waals surface area contributed by atoms with Gasteiger partial charge in [-0.3, -0.25) is 4.79 Å². The molecule has 0 heterocycles. The van der Waals surface area contributed by atoms with Crippen molar-refractivity contribution in [2.75, 3.05) is 0 Å². The van der Waals surface area contributed by atoms with E-state index in [-0.39, 0.29) is 6.42 Å². The Balaban J connectivity index is 3.37. The van der Waals surface area contributed by atoms with Crippen LogP contribution in [0.1, 0.15) is 12.8 Å². The SMILES string of the molecule is C=CC[C@H](O)CC(=O)O. The van der Waals surface area contributed by atoms with Gasteiger partial charge in [0.1, 0.15) is 0 Å². The predicted octanol–water partition coefficient (Wildman–Crippen LogP) is 0.398. The number of hydrogen-bond donors (Lipinski definition) is 2. The number of aliphatic carboxylic acids is 1. The molecule has 0 aliphatic rings. The van der Waals surface area contributed by atoms with Crippen LogP contribution in [0.5, 0.6) is 0 Å². The van der Waals surface area contributed by atoms with Gasteiger partial charge in [0.15, 0.2) is 0 Å². The Morgan fingerprint density at radius 1 is 1.78 bits per heavy atom. The number of carboxylic acid groups (broad SMARTS) is 1. The van der Waals surface area contributed by atoms with Crippen LogP contribution < -0.4 is 0 Å². The van der Waals surface area contributed by atoms with Gasteiger partial charge in [0.05, 0.1) is 12.5 Å². The Hall–Kier alpha value is -0.830. The van der Waals surface area contributed by atoms with E-state index in [9.17, 15) is 4.79 Å². The molecule has 0 bridgehead atoms. The highest BCUT2D eigenvalue weighted by Gasteiger charge is 2.05. The Morgan fingerprint density at radius 3 is 2.67 bits per heavy atom. The molecule has 1 atom stereocenters. The maximum atomic E-state index is 9.89.